The van der Waals surface area contributed by atoms with Crippen LogP contribution in [-0.4, -0.2) is 0 Å². The predicted molar refractivity (Wildman–Crippen MR) is 48.3 cm³/mol. The van der Waals surface area contributed by atoms with E-state index in [2.05, 4.69) is 15.9 Å². The first-order chi connectivity index (χ1) is 5.04. The molecular weight excluding hydrogens is 207 g/mol. The normalized spacial score (nSPS) is 10.3. The zero-order valence-corrected chi connectivity index (χ0v) is 8.42. The molecule has 0 nitrogen and oxygen atoms in total. The van der Waals surface area contributed by atoms with Gasteiger partial charge in [-0.15, -0.1) is 0 Å². The summed E-state index contributed by atoms with van der Waals surface area (Å²) < 4.78 is 14.1. The van der Waals surface area contributed by atoms with Crippen LogP contribution in [0.3, 0.4) is 0 Å². The largest absolute Gasteiger partial charge is 0.206 e. The molecule has 0 N–H and O–H groups in total. The maximum atomic E-state index is 13.2. The fraction of sp³-hybridized carbons (Fsp3) is 0.333. The molecule has 1 rings (SSSR count). The molecule has 0 aliphatic heterocycles. The average molecular weight is 217 g/mol. The Morgan fingerprint density at radius 1 is 1.18 bits per heavy atom. The lowest BCUT2D eigenvalue weighted by atomic mass is 10.1. The van der Waals surface area contributed by atoms with Crippen LogP contribution in [0.2, 0.25) is 0 Å². The van der Waals surface area contributed by atoms with Gasteiger partial charge in [0, 0.05) is 4.47 Å². The first-order valence-corrected chi connectivity index (χ1v) is 4.25. The topological polar surface area (TPSA) is 0 Å². The van der Waals surface area contributed by atoms with Gasteiger partial charge < -0.3 is 0 Å². The molecule has 1 aromatic carbocycles. The molecule has 0 aromatic heterocycles. The number of hydrogen-bond donors (Lipinski definition) is 0. The summed E-state index contributed by atoms with van der Waals surface area (Å²) in [4.78, 5) is 0. The number of rotatable bonds is 0. The van der Waals surface area contributed by atoms with Crippen LogP contribution in [0.15, 0.2) is 10.5 Å². The maximum absolute atomic E-state index is 13.2. The zero-order valence-electron chi connectivity index (χ0n) is 6.83. The molecular formula is C9H10BrF. The molecule has 0 bridgehead atoms. The molecule has 0 aliphatic rings. The molecule has 0 unspecified atom stereocenters. The standard InChI is InChI=1S/C9H10BrF/c1-5-4-8(10)6(2)7(3)9(5)11/h4H,1-3H3. The van der Waals surface area contributed by atoms with Crippen molar-refractivity contribution in [3.05, 3.63) is 33.0 Å². The van der Waals surface area contributed by atoms with Gasteiger partial charge in [-0.1, -0.05) is 15.9 Å². The number of aryl methyl sites for hydroxylation is 1. The fourth-order valence-corrected chi connectivity index (χ4v) is 1.64. The molecule has 0 amide bonds. The van der Waals surface area contributed by atoms with Crippen LogP contribution in [0.25, 0.3) is 0 Å². The van der Waals surface area contributed by atoms with Crippen LogP contribution in [-0.2, 0) is 0 Å². The molecule has 0 atom stereocenters. The monoisotopic (exact) mass is 216 g/mol. The van der Waals surface area contributed by atoms with Gasteiger partial charge in [0.1, 0.15) is 5.82 Å². The fourth-order valence-electron chi connectivity index (χ4n) is 1.00. The Bertz CT molecular complexity index is 266. The van der Waals surface area contributed by atoms with Crippen molar-refractivity contribution in [2.75, 3.05) is 0 Å². The highest BCUT2D eigenvalue weighted by molar-refractivity contribution is 9.10. The van der Waals surface area contributed by atoms with Gasteiger partial charge in [0.25, 0.3) is 0 Å². The van der Waals surface area contributed by atoms with Gasteiger partial charge in [-0.25, -0.2) is 4.39 Å². The van der Waals surface area contributed by atoms with Crippen molar-refractivity contribution in [2.24, 2.45) is 0 Å². The van der Waals surface area contributed by atoms with Gasteiger partial charge >= 0.3 is 0 Å². The predicted octanol–water partition coefficient (Wildman–Crippen LogP) is 3.51. The Balaban J connectivity index is 3.46. The van der Waals surface area contributed by atoms with Gasteiger partial charge in [0.15, 0.2) is 0 Å². The van der Waals surface area contributed by atoms with Crippen molar-refractivity contribution in [3.63, 3.8) is 0 Å². The third-order valence-electron chi connectivity index (χ3n) is 1.94. The third kappa shape index (κ3) is 1.45. The lowest BCUT2D eigenvalue weighted by Crippen LogP contribution is -1.92. The third-order valence-corrected chi connectivity index (χ3v) is 2.76. The van der Waals surface area contributed by atoms with Crippen LogP contribution in [0.5, 0.6) is 0 Å². The van der Waals surface area contributed by atoms with Crippen molar-refractivity contribution < 1.29 is 4.39 Å². The maximum Gasteiger partial charge on any atom is 0.129 e. The van der Waals surface area contributed by atoms with Crippen molar-refractivity contribution in [2.45, 2.75) is 20.8 Å². The molecule has 0 aliphatic carbocycles. The van der Waals surface area contributed by atoms with Gasteiger partial charge in [-0.3, -0.25) is 0 Å². The number of benzene rings is 1. The summed E-state index contributed by atoms with van der Waals surface area (Å²) in [7, 11) is 0. The van der Waals surface area contributed by atoms with E-state index in [-0.39, 0.29) is 5.82 Å². The highest BCUT2D eigenvalue weighted by Gasteiger charge is 2.06. The van der Waals surface area contributed by atoms with Gasteiger partial charge in [0.2, 0.25) is 0 Å². The lowest BCUT2D eigenvalue weighted by Gasteiger charge is -2.06. The summed E-state index contributed by atoms with van der Waals surface area (Å²) in [5.74, 6) is -0.0919. The molecule has 0 spiro atoms. The molecule has 60 valence electrons. The van der Waals surface area contributed by atoms with E-state index in [1.165, 1.54) is 0 Å². The molecule has 0 heterocycles. The SMILES string of the molecule is Cc1cc(Br)c(C)c(C)c1F. The van der Waals surface area contributed by atoms with Crippen molar-refractivity contribution in [1.29, 1.82) is 0 Å². The molecule has 0 radical (unpaired) electrons. The van der Waals surface area contributed by atoms with Crippen LogP contribution >= 0.6 is 15.9 Å². The molecule has 0 saturated heterocycles. The number of hydrogen-bond acceptors (Lipinski definition) is 0. The van der Waals surface area contributed by atoms with E-state index in [0.29, 0.717) is 5.56 Å². The van der Waals surface area contributed by atoms with Crippen molar-refractivity contribution >= 4 is 15.9 Å². The zero-order chi connectivity index (χ0) is 8.59. The molecule has 0 fully saturated rings. The second-order valence-electron chi connectivity index (χ2n) is 2.74. The Morgan fingerprint density at radius 3 is 2.27 bits per heavy atom. The molecule has 2 heteroatoms. The van der Waals surface area contributed by atoms with E-state index in [9.17, 15) is 4.39 Å². The van der Waals surface area contributed by atoms with E-state index < -0.39 is 0 Å². The minimum atomic E-state index is -0.0919. The Morgan fingerprint density at radius 2 is 1.73 bits per heavy atom. The van der Waals surface area contributed by atoms with Crippen LogP contribution in [0.4, 0.5) is 4.39 Å². The minimum absolute atomic E-state index is 0.0919. The van der Waals surface area contributed by atoms with Crippen LogP contribution < -0.4 is 0 Å². The summed E-state index contributed by atoms with van der Waals surface area (Å²) in [6.45, 7) is 5.47. The summed E-state index contributed by atoms with van der Waals surface area (Å²) in [5, 5.41) is 0. The Hall–Kier alpha value is -0.370. The summed E-state index contributed by atoms with van der Waals surface area (Å²) in [6.07, 6.45) is 0. The van der Waals surface area contributed by atoms with E-state index in [0.717, 1.165) is 15.6 Å². The lowest BCUT2D eigenvalue weighted by molar-refractivity contribution is 0.607. The first-order valence-electron chi connectivity index (χ1n) is 3.46. The quantitative estimate of drug-likeness (QED) is 0.623. The van der Waals surface area contributed by atoms with E-state index in [1.807, 2.05) is 6.92 Å². The van der Waals surface area contributed by atoms with Crippen LogP contribution in [0, 0.1) is 26.6 Å². The van der Waals surface area contributed by atoms with E-state index >= 15 is 0 Å². The van der Waals surface area contributed by atoms with E-state index in [1.54, 1.807) is 19.9 Å². The molecule has 0 saturated carbocycles. The Kier molecular flexibility index (Phi) is 2.33. The summed E-state index contributed by atoms with van der Waals surface area (Å²) in [6, 6.07) is 1.80. The van der Waals surface area contributed by atoms with Gasteiger partial charge in [-0.2, -0.15) is 0 Å². The molecule has 11 heavy (non-hydrogen) atoms. The van der Waals surface area contributed by atoms with Crippen LogP contribution in [0.1, 0.15) is 16.7 Å². The van der Waals surface area contributed by atoms with Gasteiger partial charge in [0.05, 0.1) is 0 Å². The van der Waals surface area contributed by atoms with E-state index in [4.69, 9.17) is 0 Å². The molecule has 1 aromatic rings. The Labute approximate surface area is 74.6 Å². The smallest absolute Gasteiger partial charge is 0.129 e. The first kappa shape index (κ1) is 8.72. The minimum Gasteiger partial charge on any atom is -0.206 e. The second kappa shape index (κ2) is 2.94. The number of halogens is 2. The second-order valence-corrected chi connectivity index (χ2v) is 3.59. The average Bonchev–Trinajstić information content (AvgIpc) is 1.97. The summed E-state index contributed by atoms with van der Waals surface area (Å²) >= 11 is 3.36. The highest BCUT2D eigenvalue weighted by atomic mass is 79.9. The van der Waals surface area contributed by atoms with Crippen molar-refractivity contribution in [1.82, 2.24) is 0 Å². The highest BCUT2D eigenvalue weighted by Crippen LogP contribution is 2.24. The summed E-state index contributed by atoms with van der Waals surface area (Å²) in [5.41, 5.74) is 2.41. The van der Waals surface area contributed by atoms with Gasteiger partial charge in [-0.05, 0) is 43.5 Å². The van der Waals surface area contributed by atoms with Crippen molar-refractivity contribution in [3.8, 4) is 0 Å².